The molecule has 2 fully saturated rings. The Bertz CT molecular complexity index is 1970. The first-order valence-electron chi connectivity index (χ1n) is 16.9. The van der Waals surface area contributed by atoms with Gasteiger partial charge >= 0.3 is 0 Å². The molecule has 3 aliphatic rings. The molecule has 1 aliphatic carbocycles. The summed E-state index contributed by atoms with van der Waals surface area (Å²) in [5, 5.41) is 8.85. The van der Waals surface area contributed by atoms with Gasteiger partial charge in [0.1, 0.15) is 23.8 Å². The summed E-state index contributed by atoms with van der Waals surface area (Å²) in [6, 6.07) is 7.13. The van der Waals surface area contributed by atoms with Crippen LogP contribution in [0, 0.1) is 26.2 Å². The minimum absolute atomic E-state index is 0.0371. The van der Waals surface area contributed by atoms with E-state index >= 15 is 0 Å². The lowest BCUT2D eigenvalue weighted by atomic mass is 9.90. The first-order valence-corrected chi connectivity index (χ1v) is 16.9. The largest absolute Gasteiger partial charge is 0.327 e. The molecule has 2 bridgehead atoms. The minimum Gasteiger partial charge on any atom is -0.327 e. The molecule has 5 heterocycles. The lowest BCUT2D eigenvalue weighted by molar-refractivity contribution is -0.139. The molecule has 1 saturated carbocycles. The maximum atomic E-state index is 14.4. The van der Waals surface area contributed by atoms with Crippen LogP contribution in [-0.4, -0.2) is 71.5 Å². The van der Waals surface area contributed by atoms with Gasteiger partial charge in [-0.05, 0) is 93.3 Å². The Balaban J connectivity index is 1.29. The van der Waals surface area contributed by atoms with Crippen LogP contribution in [-0.2, 0) is 33.9 Å². The number of amides is 1. The first-order chi connectivity index (χ1) is 23.0. The van der Waals surface area contributed by atoms with Crippen LogP contribution >= 0.6 is 0 Å². The lowest BCUT2D eigenvalue weighted by Gasteiger charge is -2.27. The smallest absolute Gasteiger partial charge is 0.245 e. The molecule has 1 amide bonds. The molecule has 48 heavy (non-hydrogen) atoms. The Morgan fingerprint density at radius 3 is 2.58 bits per heavy atom. The van der Waals surface area contributed by atoms with E-state index in [1.165, 1.54) is 6.92 Å². The third kappa shape index (κ3) is 5.96. The van der Waals surface area contributed by atoms with Gasteiger partial charge in [0.05, 0.1) is 23.7 Å². The number of carbonyl (C=O) groups is 4. The van der Waals surface area contributed by atoms with Gasteiger partial charge in [-0.3, -0.25) is 28.8 Å². The van der Waals surface area contributed by atoms with Crippen molar-refractivity contribution in [3.05, 3.63) is 70.7 Å². The molecule has 1 aromatic carbocycles. The molecule has 1 saturated heterocycles. The highest BCUT2D eigenvalue weighted by molar-refractivity contribution is 6.07. The third-order valence-corrected chi connectivity index (χ3v) is 10.4. The second-order valence-corrected chi connectivity index (χ2v) is 13.9. The van der Waals surface area contributed by atoms with Gasteiger partial charge in [-0.25, -0.2) is 9.97 Å². The summed E-state index contributed by atoms with van der Waals surface area (Å²) in [4.78, 5) is 69.5. The molecule has 0 radical (unpaired) electrons. The number of aryl methyl sites for hydroxylation is 3. The van der Waals surface area contributed by atoms with E-state index in [0.29, 0.717) is 61.9 Å². The number of nitrogens with zero attached hydrogens (tertiary/aromatic N) is 6. The molecular weight excluding hydrogens is 606 g/mol. The summed E-state index contributed by atoms with van der Waals surface area (Å²) in [7, 11) is 0. The van der Waals surface area contributed by atoms with Crippen LogP contribution in [0.3, 0.4) is 0 Å². The zero-order chi connectivity index (χ0) is 33.7. The van der Waals surface area contributed by atoms with Crippen molar-refractivity contribution >= 4 is 34.2 Å². The highest BCUT2D eigenvalue weighted by Gasteiger charge is 2.66. The molecule has 11 heteroatoms. The van der Waals surface area contributed by atoms with E-state index in [1.807, 2.05) is 45.0 Å². The Morgan fingerprint density at radius 2 is 1.81 bits per heavy atom. The van der Waals surface area contributed by atoms with Crippen LogP contribution in [0.25, 0.3) is 22.0 Å². The number of rotatable bonds is 5. The van der Waals surface area contributed by atoms with Crippen molar-refractivity contribution in [2.75, 3.05) is 6.54 Å². The summed E-state index contributed by atoms with van der Waals surface area (Å²) in [6.07, 6.45) is 7.29. The Hall–Kier alpha value is -4.64. The fourth-order valence-corrected chi connectivity index (χ4v) is 7.75. The maximum Gasteiger partial charge on any atom is 0.245 e. The topological polar surface area (TPSA) is 140 Å². The van der Waals surface area contributed by atoms with Crippen LogP contribution in [0.15, 0.2) is 36.7 Å². The molecule has 248 valence electrons. The van der Waals surface area contributed by atoms with Gasteiger partial charge in [0, 0.05) is 61.4 Å². The van der Waals surface area contributed by atoms with Crippen molar-refractivity contribution in [2.24, 2.45) is 5.41 Å². The maximum absolute atomic E-state index is 14.4. The van der Waals surface area contributed by atoms with E-state index in [2.05, 4.69) is 20.3 Å². The number of hydrogen-bond donors (Lipinski definition) is 1. The molecule has 3 atom stereocenters. The van der Waals surface area contributed by atoms with Crippen molar-refractivity contribution in [1.29, 1.82) is 0 Å². The molecule has 7 rings (SSSR count). The Morgan fingerprint density at radius 1 is 1.02 bits per heavy atom. The zero-order valence-corrected chi connectivity index (χ0v) is 28.0. The normalized spacial score (nSPS) is 23.0. The van der Waals surface area contributed by atoms with Gasteiger partial charge in [0.2, 0.25) is 5.91 Å². The number of hydrogen-bond acceptors (Lipinski definition) is 9. The number of piperidine rings is 1. The highest BCUT2D eigenvalue weighted by Crippen LogP contribution is 2.62. The fourth-order valence-electron chi connectivity index (χ4n) is 7.75. The standard InChI is InChI=1S/C37H41N7O4/c1-21-7-8-22(2)41-30(21)14-32(47)31-15-37-10-9-28(46)6-5-11-38-17-26-12-25(27-18-39-24(4)40-19-27)13-29-35(23(3)45)42-43(36(26)29)20-34(48)44(31)33(37)16-37/h7-8,12-13,18-19,31,33,38H,5-6,9-11,14-17,20H2,1-4H3/t31-,33+,37-/m0/s1. The van der Waals surface area contributed by atoms with Crippen LogP contribution in [0.5, 0.6) is 0 Å². The molecule has 0 unspecified atom stereocenters. The SMILES string of the molecule is CC(=O)c1nn2c3c(cc(-c4cnc(C)nc4)cc13)CNCCCC(=O)CC[C@@]13C[C@@H](C(=O)Cc4nc(C)ccc4C)N(C(=O)C2)[C@@H]1C3. The van der Waals surface area contributed by atoms with Crippen molar-refractivity contribution < 1.29 is 19.2 Å². The van der Waals surface area contributed by atoms with Gasteiger partial charge in [0.15, 0.2) is 11.6 Å². The minimum atomic E-state index is -0.605. The molecule has 1 N–H and O–H groups in total. The molecule has 0 spiro atoms. The van der Waals surface area contributed by atoms with Gasteiger partial charge in [-0.15, -0.1) is 0 Å². The summed E-state index contributed by atoms with van der Waals surface area (Å²) in [5.74, 6) is 0.417. The summed E-state index contributed by atoms with van der Waals surface area (Å²) in [6.45, 7) is 8.14. The summed E-state index contributed by atoms with van der Waals surface area (Å²) >= 11 is 0. The monoisotopic (exact) mass is 647 g/mol. The predicted octanol–water partition coefficient (Wildman–Crippen LogP) is 4.42. The van der Waals surface area contributed by atoms with Crippen molar-refractivity contribution in [1.82, 2.24) is 34.9 Å². The predicted molar refractivity (Wildman–Crippen MR) is 179 cm³/mol. The van der Waals surface area contributed by atoms with Gasteiger partial charge in [-0.1, -0.05) is 6.07 Å². The van der Waals surface area contributed by atoms with Crippen LogP contribution in [0.1, 0.15) is 84.3 Å². The van der Waals surface area contributed by atoms with Crippen LogP contribution in [0.4, 0.5) is 0 Å². The van der Waals surface area contributed by atoms with E-state index in [0.717, 1.165) is 40.1 Å². The van der Waals surface area contributed by atoms with Crippen molar-refractivity contribution in [3.8, 4) is 11.1 Å². The van der Waals surface area contributed by atoms with Gasteiger partial charge in [-0.2, -0.15) is 5.10 Å². The second-order valence-electron chi connectivity index (χ2n) is 13.9. The Labute approximate surface area is 279 Å². The van der Waals surface area contributed by atoms with E-state index in [9.17, 15) is 19.2 Å². The number of aromatic nitrogens is 5. The van der Waals surface area contributed by atoms with Gasteiger partial charge in [0.25, 0.3) is 0 Å². The fraction of sp³-hybridized carbons (Fsp3) is 0.459. The van der Waals surface area contributed by atoms with Crippen molar-refractivity contribution in [2.45, 2.75) is 97.8 Å². The van der Waals surface area contributed by atoms with Crippen LogP contribution in [0.2, 0.25) is 0 Å². The number of Topliss-reactive ketones (excluding diaryl/α,β-unsaturated/α-hetero) is 3. The Kier molecular flexibility index (Phi) is 8.27. The highest BCUT2D eigenvalue weighted by atomic mass is 16.2. The zero-order valence-electron chi connectivity index (χ0n) is 28.0. The quantitative estimate of drug-likeness (QED) is 0.312. The molecule has 2 aliphatic heterocycles. The average Bonchev–Trinajstić information content (AvgIpc) is 3.46. The first kappa shape index (κ1) is 31.9. The van der Waals surface area contributed by atoms with E-state index in [4.69, 9.17) is 5.10 Å². The van der Waals surface area contributed by atoms with E-state index < -0.39 is 6.04 Å². The second kappa shape index (κ2) is 12.4. The van der Waals surface area contributed by atoms with E-state index in [-0.39, 0.29) is 53.4 Å². The summed E-state index contributed by atoms with van der Waals surface area (Å²) < 4.78 is 1.65. The number of ketones is 3. The number of nitrogens with one attached hydrogen (secondary N) is 1. The van der Waals surface area contributed by atoms with Crippen molar-refractivity contribution in [3.63, 3.8) is 0 Å². The molecule has 11 nitrogen and oxygen atoms in total. The number of pyridine rings is 1. The molecule has 4 aromatic rings. The number of carbonyl (C=O) groups excluding carboxylic acids is 4. The van der Waals surface area contributed by atoms with Gasteiger partial charge < -0.3 is 10.2 Å². The molecular formula is C37H41N7O4. The summed E-state index contributed by atoms with van der Waals surface area (Å²) in [5.41, 5.74) is 5.77. The number of benzene rings is 1. The average molecular weight is 648 g/mol. The molecule has 3 aromatic heterocycles. The lowest BCUT2D eigenvalue weighted by Crippen LogP contribution is -2.45. The third-order valence-electron chi connectivity index (χ3n) is 10.4. The van der Waals surface area contributed by atoms with E-state index in [1.54, 1.807) is 22.0 Å². The van der Waals surface area contributed by atoms with Crippen LogP contribution < -0.4 is 5.32 Å².